The van der Waals surface area contributed by atoms with Gasteiger partial charge in [0.15, 0.2) is 0 Å². The van der Waals surface area contributed by atoms with Gasteiger partial charge in [-0.2, -0.15) is 0 Å². The largest absolute Gasteiger partial charge is 0.368 e. The van der Waals surface area contributed by atoms with Gasteiger partial charge in [0.2, 0.25) is 0 Å². The number of anilines is 2. The van der Waals surface area contributed by atoms with Crippen LogP contribution in [0.2, 0.25) is 0 Å². The highest BCUT2D eigenvalue weighted by molar-refractivity contribution is 7.85. The van der Waals surface area contributed by atoms with Crippen molar-refractivity contribution < 1.29 is 18.2 Å². The summed E-state index contributed by atoms with van der Waals surface area (Å²) < 4.78 is 27.1. The Labute approximate surface area is 241 Å². The lowest BCUT2D eigenvalue weighted by Gasteiger charge is -2.36. The molecule has 4 aromatic rings. The van der Waals surface area contributed by atoms with Crippen LogP contribution in [0.5, 0.6) is 0 Å². The van der Waals surface area contributed by atoms with E-state index in [1.165, 1.54) is 12.1 Å². The first-order chi connectivity index (χ1) is 19.8. The molecule has 1 atom stereocenters. The number of carbonyl (C=O) groups excluding carboxylic acids is 2. The van der Waals surface area contributed by atoms with Gasteiger partial charge < -0.3 is 14.7 Å². The van der Waals surface area contributed by atoms with E-state index in [4.69, 9.17) is 0 Å². The van der Waals surface area contributed by atoms with Crippen molar-refractivity contribution >= 4 is 34.0 Å². The molecule has 208 valence electrons. The van der Waals surface area contributed by atoms with Crippen molar-refractivity contribution in [3.05, 3.63) is 119 Å². The maximum atomic E-state index is 14.0. The fraction of sp³-hybridized carbons (Fsp3) is 0.212. The number of benzene rings is 4. The Morgan fingerprint density at radius 1 is 0.854 bits per heavy atom. The number of amides is 2. The van der Waals surface area contributed by atoms with Crippen LogP contribution in [0.4, 0.5) is 15.8 Å². The summed E-state index contributed by atoms with van der Waals surface area (Å²) in [4.78, 5) is 34.2. The molecule has 0 bridgehead atoms. The van der Waals surface area contributed by atoms with Crippen LogP contribution in [0, 0.1) is 19.7 Å². The van der Waals surface area contributed by atoms with E-state index in [0.29, 0.717) is 59.3 Å². The highest BCUT2D eigenvalue weighted by Gasteiger charge is 2.32. The minimum absolute atomic E-state index is 0.141. The molecule has 0 saturated carbocycles. The minimum atomic E-state index is -1.59. The van der Waals surface area contributed by atoms with Crippen LogP contribution in [0.1, 0.15) is 37.4 Å². The second kappa shape index (κ2) is 10.9. The van der Waals surface area contributed by atoms with Crippen molar-refractivity contribution in [3.8, 4) is 0 Å². The Morgan fingerprint density at radius 2 is 1.59 bits per heavy atom. The smallest absolute Gasteiger partial charge is 0.259 e. The quantitative estimate of drug-likeness (QED) is 0.316. The molecule has 41 heavy (non-hydrogen) atoms. The van der Waals surface area contributed by atoms with Gasteiger partial charge in [0.25, 0.3) is 11.8 Å². The van der Waals surface area contributed by atoms with Crippen molar-refractivity contribution in [3.63, 3.8) is 0 Å². The predicted molar refractivity (Wildman–Crippen MR) is 159 cm³/mol. The lowest BCUT2D eigenvalue weighted by molar-refractivity contribution is 0.0746. The lowest BCUT2D eigenvalue weighted by Crippen LogP contribution is -2.48. The summed E-state index contributed by atoms with van der Waals surface area (Å²) >= 11 is 0. The fourth-order valence-electron chi connectivity index (χ4n) is 5.50. The van der Waals surface area contributed by atoms with Crippen LogP contribution in [-0.2, 0) is 17.3 Å². The zero-order chi connectivity index (χ0) is 28.7. The number of aryl methyl sites for hydroxylation is 2. The highest BCUT2D eigenvalue weighted by atomic mass is 32.2. The molecule has 8 heteroatoms. The topological polar surface area (TPSA) is 60.9 Å². The first kappa shape index (κ1) is 26.9. The van der Waals surface area contributed by atoms with Gasteiger partial charge in [-0.05, 0) is 79.6 Å². The van der Waals surface area contributed by atoms with E-state index in [9.17, 15) is 18.2 Å². The average Bonchev–Trinajstić information content (AvgIpc) is 3.08. The van der Waals surface area contributed by atoms with Gasteiger partial charge in [-0.1, -0.05) is 35.9 Å². The summed E-state index contributed by atoms with van der Waals surface area (Å²) in [5.41, 5.74) is 5.38. The zero-order valence-corrected chi connectivity index (χ0v) is 23.8. The molecule has 2 amide bonds. The van der Waals surface area contributed by atoms with Gasteiger partial charge in [-0.15, -0.1) is 0 Å². The molecule has 0 aromatic heterocycles. The van der Waals surface area contributed by atoms with Crippen LogP contribution >= 0.6 is 0 Å². The second-order valence-electron chi connectivity index (χ2n) is 10.5. The van der Waals surface area contributed by atoms with Crippen LogP contribution in [0.15, 0.2) is 94.7 Å². The molecule has 1 unspecified atom stereocenters. The first-order valence-electron chi connectivity index (χ1n) is 13.6. The molecule has 0 radical (unpaired) electrons. The standard InChI is InChI=1S/C33H30FN3O3S/c1-22-7-8-23(2)25(19-22)21-37-29-20-24(9-14-31(29)41(40)30-6-4-3-5-28(30)33(37)39)32(38)36-17-15-35(16-18-36)27-12-10-26(34)11-13-27/h3-14,19-20H,15-18,21H2,1-2H3. The molecule has 0 N–H and O–H groups in total. The molecule has 1 fully saturated rings. The summed E-state index contributed by atoms with van der Waals surface area (Å²) in [5, 5.41) is 0. The number of halogens is 1. The summed E-state index contributed by atoms with van der Waals surface area (Å²) in [6.07, 6.45) is 0. The Balaban J connectivity index is 1.33. The van der Waals surface area contributed by atoms with E-state index in [0.717, 1.165) is 22.4 Å². The minimum Gasteiger partial charge on any atom is -0.368 e. The monoisotopic (exact) mass is 567 g/mol. The molecule has 2 aliphatic rings. The number of hydrogen-bond acceptors (Lipinski definition) is 4. The zero-order valence-electron chi connectivity index (χ0n) is 23.0. The summed E-state index contributed by atoms with van der Waals surface area (Å²) in [7, 11) is -1.59. The number of carbonyl (C=O) groups is 2. The van der Waals surface area contributed by atoms with Gasteiger partial charge in [-0.3, -0.25) is 9.59 Å². The second-order valence-corrected chi connectivity index (χ2v) is 11.9. The fourth-order valence-corrected chi connectivity index (χ4v) is 6.84. The summed E-state index contributed by atoms with van der Waals surface area (Å²) in [5.74, 6) is -0.663. The summed E-state index contributed by atoms with van der Waals surface area (Å²) in [6, 6.07) is 24.7. The maximum absolute atomic E-state index is 14.0. The number of hydrogen-bond donors (Lipinski definition) is 0. The molecule has 2 aliphatic heterocycles. The van der Waals surface area contributed by atoms with Crippen molar-refractivity contribution in [2.45, 2.75) is 30.2 Å². The van der Waals surface area contributed by atoms with E-state index in [1.54, 1.807) is 64.4 Å². The van der Waals surface area contributed by atoms with Crippen molar-refractivity contribution in [1.29, 1.82) is 0 Å². The lowest BCUT2D eigenvalue weighted by atomic mass is 10.0. The third-order valence-electron chi connectivity index (χ3n) is 7.85. The Hall–Kier alpha value is -4.30. The molecular weight excluding hydrogens is 537 g/mol. The van der Waals surface area contributed by atoms with Gasteiger partial charge in [0.05, 0.1) is 38.4 Å². The molecule has 6 rings (SSSR count). The number of piperazine rings is 1. The van der Waals surface area contributed by atoms with Crippen molar-refractivity contribution in [2.75, 3.05) is 36.0 Å². The van der Waals surface area contributed by atoms with Gasteiger partial charge >= 0.3 is 0 Å². The van der Waals surface area contributed by atoms with Crippen LogP contribution in [0.3, 0.4) is 0 Å². The third kappa shape index (κ3) is 5.15. The third-order valence-corrected chi connectivity index (χ3v) is 9.35. The highest BCUT2D eigenvalue weighted by Crippen LogP contribution is 2.36. The normalized spacial score (nSPS) is 16.7. The Bertz CT molecular complexity index is 1680. The molecule has 0 aliphatic carbocycles. The predicted octanol–water partition coefficient (Wildman–Crippen LogP) is 5.73. The Morgan fingerprint density at radius 3 is 2.34 bits per heavy atom. The maximum Gasteiger partial charge on any atom is 0.259 e. The van der Waals surface area contributed by atoms with E-state index in [-0.39, 0.29) is 17.6 Å². The van der Waals surface area contributed by atoms with Gasteiger partial charge in [-0.25, -0.2) is 8.60 Å². The van der Waals surface area contributed by atoms with Crippen LogP contribution < -0.4 is 9.80 Å². The molecule has 0 spiro atoms. The molecular formula is C33H30FN3O3S. The van der Waals surface area contributed by atoms with Crippen LogP contribution in [-0.4, -0.2) is 47.1 Å². The summed E-state index contributed by atoms with van der Waals surface area (Å²) in [6.45, 7) is 6.58. The number of rotatable bonds is 4. The van der Waals surface area contributed by atoms with Crippen molar-refractivity contribution in [2.24, 2.45) is 0 Å². The van der Waals surface area contributed by atoms with E-state index in [2.05, 4.69) is 11.0 Å². The number of nitrogens with zero attached hydrogens (tertiary/aromatic N) is 3. The van der Waals surface area contributed by atoms with Gasteiger partial charge in [0.1, 0.15) is 5.82 Å². The molecule has 6 nitrogen and oxygen atoms in total. The van der Waals surface area contributed by atoms with Crippen molar-refractivity contribution in [1.82, 2.24) is 4.90 Å². The molecule has 4 aromatic carbocycles. The SMILES string of the molecule is Cc1ccc(C)c(CN2C(=O)c3ccccc3S(=O)c3ccc(C(=O)N4CCN(c5ccc(F)cc5)CC4)cc32)c1. The number of fused-ring (bicyclic) bond motifs is 2. The average molecular weight is 568 g/mol. The Kier molecular flexibility index (Phi) is 7.17. The van der Waals surface area contributed by atoms with E-state index >= 15 is 0 Å². The molecule has 2 heterocycles. The molecule has 1 saturated heterocycles. The van der Waals surface area contributed by atoms with Crippen LogP contribution in [0.25, 0.3) is 0 Å². The van der Waals surface area contributed by atoms with Gasteiger partial charge in [0, 0.05) is 37.4 Å². The van der Waals surface area contributed by atoms with E-state index in [1.807, 2.05) is 26.0 Å². The van der Waals surface area contributed by atoms with E-state index < -0.39 is 10.8 Å². The first-order valence-corrected chi connectivity index (χ1v) is 14.8.